The molecule has 0 bridgehead atoms. The van der Waals surface area contributed by atoms with E-state index in [1.165, 1.54) is 27.0 Å². The Balaban J connectivity index is 1.14. The van der Waals surface area contributed by atoms with E-state index in [0.717, 1.165) is 54.7 Å². The number of aromatic nitrogens is 4. The van der Waals surface area contributed by atoms with E-state index in [0.29, 0.717) is 17.5 Å². The lowest BCUT2D eigenvalue weighted by Crippen LogP contribution is -2.15. The molecule has 49 heavy (non-hydrogen) atoms. The van der Waals surface area contributed by atoms with Crippen LogP contribution in [-0.4, -0.2) is 19.9 Å². The summed E-state index contributed by atoms with van der Waals surface area (Å²) in [6.45, 7) is 4.64. The SMILES string of the molecule is CC1(C)c2cc(-c3nc(-c4ccccc4)nc(-c4cccc5c4oc4ccccc45)n3)ccc2-c2ccc3nc(-c4ccccc4)sc3c21. The van der Waals surface area contributed by atoms with Crippen molar-refractivity contribution < 1.29 is 4.42 Å². The number of hydrogen-bond acceptors (Lipinski definition) is 6. The molecule has 0 amide bonds. The van der Waals surface area contributed by atoms with Crippen LogP contribution in [0.25, 0.3) is 88.0 Å². The second-order valence-corrected chi connectivity index (χ2v) is 14.1. The number of benzene rings is 6. The standard InChI is InChI=1S/C43H28N4OS/c1-43(2)33-24-27(20-21-28(33)30-22-23-34-38(36(30)43)49-42(44-34)26-14-7-4-8-15-26)40-45-39(25-12-5-3-6-13-25)46-41(47-40)32-18-11-17-31-29-16-9-10-19-35(29)48-37(31)32/h3-24H,1-2H3. The first-order valence-corrected chi connectivity index (χ1v) is 17.2. The molecule has 6 aromatic carbocycles. The zero-order chi connectivity index (χ0) is 32.7. The molecular formula is C43H28N4OS. The van der Waals surface area contributed by atoms with E-state index in [-0.39, 0.29) is 5.41 Å². The van der Waals surface area contributed by atoms with Crippen molar-refractivity contribution >= 4 is 43.5 Å². The van der Waals surface area contributed by atoms with Crippen LogP contribution in [0.1, 0.15) is 25.0 Å². The summed E-state index contributed by atoms with van der Waals surface area (Å²) in [4.78, 5) is 20.3. The molecule has 232 valence electrons. The molecule has 0 saturated carbocycles. The largest absolute Gasteiger partial charge is 0.455 e. The number of hydrogen-bond donors (Lipinski definition) is 0. The fourth-order valence-electron chi connectivity index (χ4n) is 7.38. The van der Waals surface area contributed by atoms with Gasteiger partial charge in [-0.3, -0.25) is 0 Å². The molecule has 3 aromatic heterocycles. The van der Waals surface area contributed by atoms with E-state index in [1.54, 1.807) is 11.3 Å². The Morgan fingerprint density at radius 3 is 2.02 bits per heavy atom. The lowest BCUT2D eigenvalue weighted by molar-refractivity contribution is 0.667. The summed E-state index contributed by atoms with van der Waals surface area (Å²) in [5.74, 6) is 1.83. The lowest BCUT2D eigenvalue weighted by atomic mass is 9.82. The van der Waals surface area contributed by atoms with Gasteiger partial charge in [-0.15, -0.1) is 11.3 Å². The molecular weight excluding hydrogens is 621 g/mol. The lowest BCUT2D eigenvalue weighted by Gasteiger charge is -2.22. The van der Waals surface area contributed by atoms with Crippen LogP contribution in [0.3, 0.4) is 0 Å². The summed E-state index contributed by atoms with van der Waals surface area (Å²) in [6.07, 6.45) is 0. The van der Waals surface area contributed by atoms with Crippen LogP contribution in [-0.2, 0) is 5.41 Å². The first-order chi connectivity index (χ1) is 24.0. The molecule has 9 aromatic rings. The van der Waals surface area contributed by atoms with E-state index >= 15 is 0 Å². The maximum atomic E-state index is 6.41. The van der Waals surface area contributed by atoms with Gasteiger partial charge in [-0.1, -0.05) is 123 Å². The van der Waals surface area contributed by atoms with Crippen LogP contribution in [0.2, 0.25) is 0 Å². The van der Waals surface area contributed by atoms with E-state index in [9.17, 15) is 0 Å². The third-order valence-corrected chi connectivity index (χ3v) is 10.9. The second kappa shape index (κ2) is 10.5. The molecule has 0 radical (unpaired) electrons. The van der Waals surface area contributed by atoms with Gasteiger partial charge in [0.1, 0.15) is 16.2 Å². The Kier molecular flexibility index (Phi) is 6.02. The van der Waals surface area contributed by atoms with Crippen molar-refractivity contribution in [2.24, 2.45) is 0 Å². The number of thiazole rings is 1. The molecule has 0 N–H and O–H groups in total. The highest BCUT2D eigenvalue weighted by Crippen LogP contribution is 2.53. The van der Waals surface area contributed by atoms with Gasteiger partial charge in [0.15, 0.2) is 17.5 Å². The zero-order valence-electron chi connectivity index (χ0n) is 26.8. The predicted molar refractivity (Wildman–Crippen MR) is 200 cm³/mol. The summed E-state index contributed by atoms with van der Waals surface area (Å²) in [6, 6.07) is 45.9. The Morgan fingerprint density at radius 1 is 0.531 bits per heavy atom. The van der Waals surface area contributed by atoms with Gasteiger partial charge in [-0.25, -0.2) is 19.9 Å². The van der Waals surface area contributed by atoms with Gasteiger partial charge in [0.2, 0.25) is 0 Å². The number of nitrogens with zero attached hydrogens (tertiary/aromatic N) is 4. The van der Waals surface area contributed by atoms with Gasteiger partial charge in [-0.2, -0.15) is 0 Å². The maximum absolute atomic E-state index is 6.41. The van der Waals surface area contributed by atoms with Crippen molar-refractivity contribution in [2.75, 3.05) is 0 Å². The van der Waals surface area contributed by atoms with Gasteiger partial charge in [0, 0.05) is 32.9 Å². The Labute approximate surface area is 286 Å². The number of furan rings is 1. The third-order valence-electron chi connectivity index (χ3n) is 9.76. The Hall–Kier alpha value is -5.98. The van der Waals surface area contributed by atoms with Crippen molar-refractivity contribution in [3.8, 4) is 55.9 Å². The quantitative estimate of drug-likeness (QED) is 0.190. The number of fused-ring (bicyclic) bond motifs is 8. The molecule has 6 heteroatoms. The fraction of sp³-hybridized carbons (Fsp3) is 0.0698. The van der Waals surface area contributed by atoms with Crippen LogP contribution in [0.15, 0.2) is 138 Å². The van der Waals surface area contributed by atoms with Crippen molar-refractivity contribution in [3.63, 3.8) is 0 Å². The summed E-state index contributed by atoms with van der Waals surface area (Å²) >= 11 is 1.78. The second-order valence-electron chi connectivity index (χ2n) is 13.1. The molecule has 0 saturated heterocycles. The van der Waals surface area contributed by atoms with Crippen LogP contribution in [0.5, 0.6) is 0 Å². The number of rotatable bonds is 4. The molecule has 0 spiro atoms. The molecule has 0 atom stereocenters. The zero-order valence-corrected chi connectivity index (χ0v) is 27.6. The molecule has 5 nitrogen and oxygen atoms in total. The maximum Gasteiger partial charge on any atom is 0.167 e. The summed E-state index contributed by atoms with van der Waals surface area (Å²) in [5, 5.41) is 3.16. The van der Waals surface area contributed by atoms with E-state index < -0.39 is 0 Å². The van der Waals surface area contributed by atoms with Gasteiger partial charge in [0.25, 0.3) is 0 Å². The Bertz CT molecular complexity index is 2750. The normalized spacial score (nSPS) is 13.3. The number of para-hydroxylation sites is 2. The van der Waals surface area contributed by atoms with Crippen LogP contribution in [0, 0.1) is 0 Å². The first kappa shape index (κ1) is 28.1. The minimum atomic E-state index is -0.251. The van der Waals surface area contributed by atoms with Crippen molar-refractivity contribution in [1.82, 2.24) is 19.9 Å². The van der Waals surface area contributed by atoms with E-state index in [2.05, 4.69) is 80.6 Å². The Morgan fingerprint density at radius 2 is 1.20 bits per heavy atom. The molecule has 0 unspecified atom stereocenters. The summed E-state index contributed by atoms with van der Waals surface area (Å²) < 4.78 is 7.66. The molecule has 1 aliphatic carbocycles. The molecule has 0 fully saturated rings. The smallest absolute Gasteiger partial charge is 0.167 e. The average Bonchev–Trinajstić information content (AvgIpc) is 3.82. The van der Waals surface area contributed by atoms with Crippen molar-refractivity contribution in [1.29, 1.82) is 0 Å². The minimum absolute atomic E-state index is 0.251. The summed E-state index contributed by atoms with van der Waals surface area (Å²) in [7, 11) is 0. The highest BCUT2D eigenvalue weighted by molar-refractivity contribution is 7.22. The molecule has 1 aliphatic rings. The highest BCUT2D eigenvalue weighted by Gasteiger charge is 2.38. The molecule has 3 heterocycles. The van der Waals surface area contributed by atoms with Crippen LogP contribution in [0.4, 0.5) is 0 Å². The van der Waals surface area contributed by atoms with E-state index in [4.69, 9.17) is 24.4 Å². The third kappa shape index (κ3) is 4.31. The van der Waals surface area contributed by atoms with Crippen molar-refractivity contribution in [2.45, 2.75) is 19.3 Å². The summed E-state index contributed by atoms with van der Waals surface area (Å²) in [5.41, 5.74) is 11.4. The van der Waals surface area contributed by atoms with Crippen LogP contribution >= 0.6 is 11.3 Å². The first-order valence-electron chi connectivity index (χ1n) is 16.4. The van der Waals surface area contributed by atoms with Crippen LogP contribution < -0.4 is 0 Å². The van der Waals surface area contributed by atoms with Gasteiger partial charge < -0.3 is 4.42 Å². The van der Waals surface area contributed by atoms with Gasteiger partial charge >= 0.3 is 0 Å². The van der Waals surface area contributed by atoms with E-state index in [1.807, 2.05) is 66.7 Å². The predicted octanol–water partition coefficient (Wildman–Crippen LogP) is 11.4. The molecule has 10 rings (SSSR count). The highest BCUT2D eigenvalue weighted by atomic mass is 32.1. The minimum Gasteiger partial charge on any atom is -0.455 e. The average molecular weight is 649 g/mol. The fourth-order valence-corrected chi connectivity index (χ4v) is 8.65. The van der Waals surface area contributed by atoms with Crippen molar-refractivity contribution in [3.05, 3.63) is 145 Å². The van der Waals surface area contributed by atoms with Gasteiger partial charge in [0.05, 0.1) is 15.8 Å². The monoisotopic (exact) mass is 648 g/mol. The van der Waals surface area contributed by atoms with Gasteiger partial charge in [-0.05, 0) is 46.5 Å². The molecule has 0 aliphatic heterocycles. The topological polar surface area (TPSA) is 64.7 Å².